The molecule has 2 N–H and O–H groups in total. The van der Waals surface area contributed by atoms with Gasteiger partial charge in [-0.15, -0.1) is 0 Å². The molecule has 0 aromatic heterocycles. The van der Waals surface area contributed by atoms with Crippen molar-refractivity contribution in [3.63, 3.8) is 0 Å². The molecule has 9 nitrogen and oxygen atoms in total. The summed E-state index contributed by atoms with van der Waals surface area (Å²) < 4.78 is 21.9. The normalized spacial score (nSPS) is 15.2. The zero-order chi connectivity index (χ0) is 25.1. The van der Waals surface area contributed by atoms with E-state index in [9.17, 15) is 19.5 Å². The van der Waals surface area contributed by atoms with Gasteiger partial charge in [0.05, 0.1) is 5.56 Å². The van der Waals surface area contributed by atoms with Crippen molar-refractivity contribution in [1.82, 2.24) is 5.32 Å². The lowest BCUT2D eigenvalue weighted by Gasteiger charge is -2.15. The molecule has 36 heavy (non-hydrogen) atoms. The number of Topliss-reactive ketones (excluding diaryl/α,β-unsaturated/α-hetero) is 1. The van der Waals surface area contributed by atoms with Crippen molar-refractivity contribution >= 4 is 23.7 Å². The number of allylic oxidation sites excluding steroid dienone is 1. The number of ketones is 1. The molecule has 0 saturated heterocycles. The molecule has 3 aromatic carbocycles. The Morgan fingerprint density at radius 2 is 1.81 bits per heavy atom. The number of amides is 1. The number of hydrogen-bond donors (Lipinski definition) is 2. The minimum atomic E-state index is -1.14. The molecule has 2 aliphatic heterocycles. The predicted octanol–water partition coefficient (Wildman–Crippen LogP) is 3.22. The molecule has 2 aliphatic rings. The van der Waals surface area contributed by atoms with Crippen LogP contribution in [0.15, 0.2) is 72.5 Å². The van der Waals surface area contributed by atoms with Gasteiger partial charge in [0.1, 0.15) is 17.5 Å². The zero-order valence-electron chi connectivity index (χ0n) is 18.9. The van der Waals surface area contributed by atoms with Gasteiger partial charge in [0.25, 0.3) is 5.91 Å². The molecule has 0 bridgehead atoms. The molecule has 0 radical (unpaired) electrons. The van der Waals surface area contributed by atoms with Crippen molar-refractivity contribution in [2.24, 2.45) is 0 Å². The maximum Gasteiger partial charge on any atom is 0.326 e. The van der Waals surface area contributed by atoms with Crippen molar-refractivity contribution in [2.75, 3.05) is 13.4 Å². The number of carboxylic acid groups (broad SMARTS) is 1. The van der Waals surface area contributed by atoms with Crippen LogP contribution < -0.4 is 24.3 Å². The SMILES string of the molecule is O=C(COc1ccc2c(c1)O/C(=C\c1ccc3c(c1)OCO3)C2=O)N[C@H](Cc1ccccc1)C(=O)O. The number of carbonyl (C=O) groups is 3. The monoisotopic (exact) mass is 487 g/mol. The van der Waals surface area contributed by atoms with Crippen LogP contribution in [0.25, 0.3) is 6.08 Å². The third-order valence-electron chi connectivity index (χ3n) is 5.62. The van der Waals surface area contributed by atoms with Crippen LogP contribution in [-0.4, -0.2) is 42.2 Å². The molecular weight excluding hydrogens is 466 g/mol. The lowest BCUT2D eigenvalue weighted by molar-refractivity contribution is -0.142. The molecule has 5 rings (SSSR count). The predicted molar refractivity (Wildman–Crippen MR) is 127 cm³/mol. The number of nitrogens with one attached hydrogen (secondary N) is 1. The van der Waals surface area contributed by atoms with Crippen molar-refractivity contribution in [3.05, 3.63) is 89.2 Å². The van der Waals surface area contributed by atoms with E-state index in [1.54, 1.807) is 60.7 Å². The van der Waals surface area contributed by atoms with Gasteiger partial charge in [-0.1, -0.05) is 36.4 Å². The Balaban J connectivity index is 1.21. The molecule has 2 heterocycles. The maximum atomic E-state index is 12.7. The van der Waals surface area contributed by atoms with Crippen LogP contribution in [-0.2, 0) is 16.0 Å². The number of rotatable bonds is 8. The van der Waals surface area contributed by atoms with E-state index >= 15 is 0 Å². The van der Waals surface area contributed by atoms with Gasteiger partial charge < -0.3 is 29.4 Å². The molecule has 0 fully saturated rings. The summed E-state index contributed by atoms with van der Waals surface area (Å²) in [4.78, 5) is 36.6. The van der Waals surface area contributed by atoms with Crippen LogP contribution in [0, 0.1) is 0 Å². The summed E-state index contributed by atoms with van der Waals surface area (Å²) in [5.41, 5.74) is 1.87. The standard InChI is InChI=1S/C27H21NO8/c29-25(28-20(27(31)32)10-16-4-2-1-3-5-16)14-33-18-7-8-19-22(13-18)36-24(26(19)30)12-17-6-9-21-23(11-17)35-15-34-21/h1-9,11-13,20H,10,14-15H2,(H,28,29)(H,31,32)/b24-12-/t20-/m1/s1. The summed E-state index contributed by atoms with van der Waals surface area (Å²) in [6.07, 6.45) is 1.76. The third kappa shape index (κ3) is 5.00. The minimum absolute atomic E-state index is 0.143. The van der Waals surface area contributed by atoms with Gasteiger partial charge in [-0.2, -0.15) is 0 Å². The molecule has 0 spiro atoms. The van der Waals surface area contributed by atoms with Gasteiger partial charge >= 0.3 is 5.97 Å². The van der Waals surface area contributed by atoms with E-state index in [0.717, 1.165) is 5.56 Å². The second kappa shape index (κ2) is 9.83. The second-order valence-electron chi connectivity index (χ2n) is 8.15. The first kappa shape index (κ1) is 23.0. The van der Waals surface area contributed by atoms with Gasteiger partial charge in [-0.05, 0) is 41.5 Å². The van der Waals surface area contributed by atoms with E-state index in [2.05, 4.69) is 5.32 Å². The highest BCUT2D eigenvalue weighted by Gasteiger charge is 2.28. The van der Waals surface area contributed by atoms with Crippen LogP contribution in [0.5, 0.6) is 23.0 Å². The summed E-state index contributed by atoms with van der Waals surface area (Å²) in [7, 11) is 0. The summed E-state index contributed by atoms with van der Waals surface area (Å²) in [5, 5.41) is 11.9. The number of carbonyl (C=O) groups excluding carboxylic acids is 2. The number of carboxylic acids is 1. The summed E-state index contributed by atoms with van der Waals surface area (Å²) in [6.45, 7) is -0.244. The van der Waals surface area contributed by atoms with Gasteiger partial charge in [0.15, 0.2) is 23.9 Å². The Kier molecular flexibility index (Phi) is 6.27. The average Bonchev–Trinajstić information content (AvgIpc) is 3.46. The van der Waals surface area contributed by atoms with E-state index in [4.69, 9.17) is 18.9 Å². The Morgan fingerprint density at radius 1 is 1.00 bits per heavy atom. The largest absolute Gasteiger partial charge is 0.484 e. The number of ether oxygens (including phenoxy) is 4. The van der Waals surface area contributed by atoms with Crippen molar-refractivity contribution in [3.8, 4) is 23.0 Å². The topological polar surface area (TPSA) is 120 Å². The zero-order valence-corrected chi connectivity index (χ0v) is 18.9. The van der Waals surface area contributed by atoms with Crippen LogP contribution in [0.4, 0.5) is 0 Å². The summed E-state index contributed by atoms with van der Waals surface area (Å²) >= 11 is 0. The highest BCUT2D eigenvalue weighted by atomic mass is 16.7. The Labute approximate surface area is 205 Å². The van der Waals surface area contributed by atoms with Crippen LogP contribution in [0.1, 0.15) is 21.5 Å². The van der Waals surface area contributed by atoms with Gasteiger partial charge in [-0.25, -0.2) is 4.79 Å². The quantitative estimate of drug-likeness (QED) is 0.465. The minimum Gasteiger partial charge on any atom is -0.484 e. The molecule has 0 unspecified atom stereocenters. The molecular formula is C27H21NO8. The van der Waals surface area contributed by atoms with E-state index < -0.39 is 24.5 Å². The Hall–Kier alpha value is -4.79. The highest BCUT2D eigenvalue weighted by molar-refractivity contribution is 6.14. The number of aliphatic carboxylic acids is 1. The van der Waals surface area contributed by atoms with Gasteiger partial charge in [-0.3, -0.25) is 9.59 Å². The first-order valence-corrected chi connectivity index (χ1v) is 11.1. The Bertz CT molecular complexity index is 1370. The highest BCUT2D eigenvalue weighted by Crippen LogP contribution is 2.37. The molecule has 3 aromatic rings. The first-order valence-electron chi connectivity index (χ1n) is 11.1. The molecule has 0 saturated carbocycles. The van der Waals surface area contributed by atoms with Crippen LogP contribution in [0.2, 0.25) is 0 Å². The van der Waals surface area contributed by atoms with Crippen LogP contribution >= 0.6 is 0 Å². The Morgan fingerprint density at radius 3 is 2.61 bits per heavy atom. The van der Waals surface area contributed by atoms with Crippen molar-refractivity contribution < 1.29 is 38.4 Å². The fraction of sp³-hybridized carbons (Fsp3) is 0.148. The first-order chi connectivity index (χ1) is 17.5. The lowest BCUT2D eigenvalue weighted by Crippen LogP contribution is -2.44. The molecule has 0 aliphatic carbocycles. The average molecular weight is 487 g/mol. The fourth-order valence-electron chi connectivity index (χ4n) is 3.85. The van der Waals surface area contributed by atoms with Crippen LogP contribution in [0.3, 0.4) is 0 Å². The second-order valence-corrected chi connectivity index (χ2v) is 8.15. The molecule has 1 atom stereocenters. The van der Waals surface area contributed by atoms with Crippen molar-refractivity contribution in [2.45, 2.75) is 12.5 Å². The van der Waals surface area contributed by atoms with E-state index in [-0.39, 0.29) is 24.8 Å². The maximum absolute atomic E-state index is 12.7. The van der Waals surface area contributed by atoms with E-state index in [1.807, 2.05) is 6.07 Å². The number of benzene rings is 3. The molecule has 9 heteroatoms. The number of fused-ring (bicyclic) bond motifs is 2. The third-order valence-corrected chi connectivity index (χ3v) is 5.62. The summed E-state index contributed by atoms with van der Waals surface area (Å²) in [6, 6.07) is 17.8. The lowest BCUT2D eigenvalue weighted by atomic mass is 10.1. The fourth-order valence-corrected chi connectivity index (χ4v) is 3.85. The van der Waals surface area contributed by atoms with Crippen molar-refractivity contribution in [1.29, 1.82) is 0 Å². The van der Waals surface area contributed by atoms with E-state index in [0.29, 0.717) is 34.1 Å². The van der Waals surface area contributed by atoms with E-state index in [1.165, 1.54) is 6.07 Å². The molecule has 1 amide bonds. The van der Waals surface area contributed by atoms with Gasteiger partial charge in [0.2, 0.25) is 12.6 Å². The number of hydrogen-bond acceptors (Lipinski definition) is 7. The smallest absolute Gasteiger partial charge is 0.326 e. The van der Waals surface area contributed by atoms with Gasteiger partial charge in [0, 0.05) is 12.5 Å². The summed E-state index contributed by atoms with van der Waals surface area (Å²) in [5.74, 6) is -0.0259. The molecule has 182 valence electrons.